The predicted octanol–water partition coefficient (Wildman–Crippen LogP) is 1.28. The highest BCUT2D eigenvalue weighted by Gasteiger charge is 2.19. The fourth-order valence-corrected chi connectivity index (χ4v) is 1.56. The number of aromatic nitrogens is 2. The number of hydrogen-bond acceptors (Lipinski definition) is 4. The molecule has 0 aliphatic carbocycles. The quantitative estimate of drug-likeness (QED) is 0.860. The van der Waals surface area contributed by atoms with Crippen molar-refractivity contribution in [2.45, 2.75) is 0 Å². The summed E-state index contributed by atoms with van der Waals surface area (Å²) in [6.45, 7) is 0. The van der Waals surface area contributed by atoms with Crippen LogP contribution in [0.4, 0.5) is 0 Å². The normalized spacial score (nSPS) is 10.2. The van der Waals surface area contributed by atoms with Gasteiger partial charge in [-0.15, -0.1) is 0 Å². The minimum absolute atomic E-state index is 0.220. The van der Waals surface area contributed by atoms with Crippen LogP contribution >= 0.6 is 0 Å². The number of carboxylic acids is 2. The second kappa shape index (κ2) is 4.81. The van der Waals surface area contributed by atoms with Crippen LogP contribution in [0, 0.1) is 0 Å². The Morgan fingerprint density at radius 1 is 1.16 bits per heavy atom. The van der Waals surface area contributed by atoms with Crippen molar-refractivity contribution in [3.8, 4) is 11.4 Å². The number of nitrogens with zero attached hydrogens (tertiary/aromatic N) is 2. The Morgan fingerprint density at radius 2 is 1.79 bits per heavy atom. The van der Waals surface area contributed by atoms with Crippen molar-refractivity contribution in [1.82, 2.24) is 9.78 Å². The summed E-state index contributed by atoms with van der Waals surface area (Å²) in [5.41, 5.74) is -0.110. The summed E-state index contributed by atoms with van der Waals surface area (Å²) < 4.78 is 6.05. The lowest BCUT2D eigenvalue weighted by Crippen LogP contribution is -2.08. The summed E-state index contributed by atoms with van der Waals surface area (Å²) in [7, 11) is 1.51. The molecule has 0 amide bonds. The molecular weight excluding hydrogens is 252 g/mol. The van der Waals surface area contributed by atoms with Gasteiger partial charge in [-0.1, -0.05) is 0 Å². The smallest absolute Gasteiger partial charge is 0.356 e. The van der Waals surface area contributed by atoms with Gasteiger partial charge >= 0.3 is 11.9 Å². The summed E-state index contributed by atoms with van der Waals surface area (Å²) in [5, 5.41) is 21.6. The van der Waals surface area contributed by atoms with Crippen molar-refractivity contribution in [1.29, 1.82) is 0 Å². The van der Waals surface area contributed by atoms with Gasteiger partial charge in [0.1, 0.15) is 5.75 Å². The molecule has 0 fully saturated rings. The number of ether oxygens (including phenoxy) is 1. The minimum Gasteiger partial charge on any atom is -0.497 e. The molecule has 0 spiro atoms. The first kappa shape index (κ1) is 12.6. The van der Waals surface area contributed by atoms with E-state index >= 15 is 0 Å². The third-order valence-corrected chi connectivity index (χ3v) is 2.46. The predicted molar refractivity (Wildman–Crippen MR) is 64.0 cm³/mol. The van der Waals surface area contributed by atoms with Gasteiger partial charge in [-0.05, 0) is 24.3 Å². The Labute approximate surface area is 107 Å². The molecule has 1 aromatic carbocycles. The molecule has 19 heavy (non-hydrogen) atoms. The Balaban J connectivity index is 2.52. The molecular formula is C12H10N2O5. The van der Waals surface area contributed by atoms with E-state index in [2.05, 4.69) is 5.10 Å². The second-order valence-electron chi connectivity index (χ2n) is 3.63. The van der Waals surface area contributed by atoms with Crippen LogP contribution in [-0.2, 0) is 0 Å². The lowest BCUT2D eigenvalue weighted by Gasteiger charge is -2.05. The second-order valence-corrected chi connectivity index (χ2v) is 3.63. The molecule has 1 heterocycles. The number of carboxylic acid groups (broad SMARTS) is 2. The van der Waals surface area contributed by atoms with Crippen molar-refractivity contribution in [3.05, 3.63) is 41.7 Å². The number of rotatable bonds is 4. The van der Waals surface area contributed by atoms with E-state index in [4.69, 9.17) is 14.9 Å². The lowest BCUT2D eigenvalue weighted by molar-refractivity contribution is 0.0679. The molecule has 2 aromatic rings. The average Bonchev–Trinajstić information content (AvgIpc) is 2.84. The zero-order valence-electron chi connectivity index (χ0n) is 9.90. The summed E-state index contributed by atoms with van der Waals surface area (Å²) in [4.78, 5) is 21.9. The van der Waals surface area contributed by atoms with E-state index in [1.54, 1.807) is 24.3 Å². The molecule has 7 heteroatoms. The Kier molecular flexibility index (Phi) is 3.19. The summed E-state index contributed by atoms with van der Waals surface area (Å²) in [6, 6.07) is 7.44. The lowest BCUT2D eigenvalue weighted by atomic mass is 10.3. The van der Waals surface area contributed by atoms with Crippen molar-refractivity contribution < 1.29 is 24.5 Å². The van der Waals surface area contributed by atoms with Gasteiger partial charge in [0, 0.05) is 6.07 Å². The van der Waals surface area contributed by atoms with E-state index in [0.717, 1.165) is 10.7 Å². The van der Waals surface area contributed by atoms with Crippen LogP contribution in [0.2, 0.25) is 0 Å². The SMILES string of the molecule is COc1ccc(-n2nc(C(=O)O)cc2C(=O)O)cc1. The fraction of sp³-hybridized carbons (Fsp3) is 0.0833. The van der Waals surface area contributed by atoms with E-state index in [1.165, 1.54) is 7.11 Å². The Hall–Kier alpha value is -2.83. The Bertz CT molecular complexity index is 630. The molecule has 98 valence electrons. The highest BCUT2D eigenvalue weighted by molar-refractivity contribution is 5.92. The molecule has 2 rings (SSSR count). The van der Waals surface area contributed by atoms with Gasteiger partial charge in [0.15, 0.2) is 11.4 Å². The standard InChI is InChI=1S/C12H10N2O5/c1-19-8-4-2-7(3-5-8)14-10(12(17)18)6-9(13-14)11(15)16/h2-6H,1H3,(H,15,16)(H,17,18). The van der Waals surface area contributed by atoms with E-state index < -0.39 is 11.9 Å². The van der Waals surface area contributed by atoms with Gasteiger partial charge in [0.05, 0.1) is 12.8 Å². The van der Waals surface area contributed by atoms with Gasteiger partial charge in [-0.2, -0.15) is 5.10 Å². The van der Waals surface area contributed by atoms with Crippen LogP contribution in [0.15, 0.2) is 30.3 Å². The maximum Gasteiger partial charge on any atom is 0.356 e. The van der Waals surface area contributed by atoms with Gasteiger partial charge in [0.2, 0.25) is 0 Å². The third kappa shape index (κ3) is 2.39. The van der Waals surface area contributed by atoms with Gasteiger partial charge in [0.25, 0.3) is 0 Å². The molecule has 0 aliphatic rings. The summed E-state index contributed by atoms with van der Waals surface area (Å²) in [5.74, 6) is -1.93. The van der Waals surface area contributed by atoms with Crippen molar-refractivity contribution in [3.63, 3.8) is 0 Å². The van der Waals surface area contributed by atoms with Crippen LogP contribution in [0.3, 0.4) is 0 Å². The first-order valence-corrected chi connectivity index (χ1v) is 5.24. The highest BCUT2D eigenvalue weighted by atomic mass is 16.5. The molecule has 0 unspecified atom stereocenters. The molecule has 2 N–H and O–H groups in total. The maximum atomic E-state index is 11.1. The largest absolute Gasteiger partial charge is 0.497 e. The fourth-order valence-electron chi connectivity index (χ4n) is 1.56. The summed E-state index contributed by atoms with van der Waals surface area (Å²) >= 11 is 0. The van der Waals surface area contributed by atoms with Crippen LogP contribution in [0.25, 0.3) is 5.69 Å². The average molecular weight is 262 g/mol. The first-order chi connectivity index (χ1) is 9.02. The number of benzene rings is 1. The number of methoxy groups -OCH3 is 1. The molecule has 1 aromatic heterocycles. The number of carbonyl (C=O) groups is 2. The van der Waals surface area contributed by atoms with Gasteiger partial charge in [-0.3, -0.25) is 0 Å². The molecule has 0 radical (unpaired) electrons. The van der Waals surface area contributed by atoms with Crippen LogP contribution < -0.4 is 4.74 Å². The Morgan fingerprint density at radius 3 is 2.26 bits per heavy atom. The van der Waals surface area contributed by atoms with Crippen molar-refractivity contribution in [2.75, 3.05) is 7.11 Å². The van der Waals surface area contributed by atoms with E-state index in [1.807, 2.05) is 0 Å². The van der Waals surface area contributed by atoms with Gasteiger partial charge in [-0.25, -0.2) is 14.3 Å². The topological polar surface area (TPSA) is 102 Å². The van der Waals surface area contributed by atoms with Crippen molar-refractivity contribution in [2.24, 2.45) is 0 Å². The minimum atomic E-state index is -1.28. The number of hydrogen-bond donors (Lipinski definition) is 2. The molecule has 0 aliphatic heterocycles. The molecule has 0 atom stereocenters. The molecule has 7 nitrogen and oxygen atoms in total. The molecule has 0 saturated carbocycles. The van der Waals surface area contributed by atoms with Crippen LogP contribution in [0.1, 0.15) is 21.0 Å². The third-order valence-electron chi connectivity index (χ3n) is 2.46. The zero-order chi connectivity index (χ0) is 14.0. The molecule has 0 bridgehead atoms. The van der Waals surface area contributed by atoms with E-state index in [9.17, 15) is 9.59 Å². The van der Waals surface area contributed by atoms with Crippen LogP contribution in [0.5, 0.6) is 5.75 Å². The van der Waals surface area contributed by atoms with Gasteiger partial charge < -0.3 is 14.9 Å². The van der Waals surface area contributed by atoms with Crippen LogP contribution in [-0.4, -0.2) is 39.0 Å². The first-order valence-electron chi connectivity index (χ1n) is 5.24. The summed E-state index contributed by atoms with van der Waals surface area (Å²) in [6.07, 6.45) is 0. The monoisotopic (exact) mass is 262 g/mol. The zero-order valence-corrected chi connectivity index (χ0v) is 9.90. The number of aromatic carboxylic acids is 2. The van der Waals surface area contributed by atoms with E-state index in [-0.39, 0.29) is 11.4 Å². The molecule has 0 saturated heterocycles. The maximum absolute atomic E-state index is 11.1. The van der Waals surface area contributed by atoms with Crippen molar-refractivity contribution >= 4 is 11.9 Å². The highest BCUT2D eigenvalue weighted by Crippen LogP contribution is 2.17. The van der Waals surface area contributed by atoms with E-state index in [0.29, 0.717) is 11.4 Å².